The second-order valence-corrected chi connectivity index (χ2v) is 8.92. The fraction of sp³-hybridized carbons (Fsp3) is 0.440. The van der Waals surface area contributed by atoms with E-state index in [0.29, 0.717) is 35.6 Å². The molecule has 2 aromatic rings. The van der Waals surface area contributed by atoms with Gasteiger partial charge in [-0.15, -0.1) is 0 Å². The van der Waals surface area contributed by atoms with Crippen LogP contribution in [-0.4, -0.2) is 28.5 Å². The first kappa shape index (κ1) is 23.2. The summed E-state index contributed by atoms with van der Waals surface area (Å²) < 4.78 is 14.2. The maximum Gasteiger partial charge on any atom is 0.239 e. The number of rotatable bonds is 7. The number of thiocarbonyl (C=S) groups is 1. The van der Waals surface area contributed by atoms with Gasteiger partial charge in [0, 0.05) is 24.7 Å². The van der Waals surface area contributed by atoms with E-state index in [1.165, 1.54) is 12.5 Å². The zero-order valence-electron chi connectivity index (χ0n) is 18.3. The molecule has 0 bridgehead atoms. The normalized spacial score (nSPS) is 20.7. The van der Waals surface area contributed by atoms with E-state index in [-0.39, 0.29) is 24.3 Å². The van der Waals surface area contributed by atoms with Gasteiger partial charge in [-0.1, -0.05) is 75.2 Å². The summed E-state index contributed by atoms with van der Waals surface area (Å²) in [6, 6.07) is 16.8. The Labute approximate surface area is 190 Å². The van der Waals surface area contributed by atoms with Crippen LogP contribution < -0.4 is 10.6 Å². The molecule has 0 saturated heterocycles. The van der Waals surface area contributed by atoms with E-state index in [2.05, 4.69) is 24.5 Å². The fourth-order valence-electron chi connectivity index (χ4n) is 4.15. The molecule has 1 fully saturated rings. The standard InChI is InChI=1S/C25H32FN3OS/c1-18-9-8-14-23(19(18)2)28-24(30)15-27-25(31)29(16-20-10-4-3-5-11-20)17-21-12-6-7-13-22(21)26/h3-7,10-13,18-19,23H,8-9,14-17H2,1-2H3,(H,27,31)(H,28,30)/t18-,19-,23-/m1/s1. The van der Waals surface area contributed by atoms with Gasteiger partial charge in [0.25, 0.3) is 0 Å². The number of hydrogen-bond donors (Lipinski definition) is 2. The average molecular weight is 442 g/mol. The van der Waals surface area contributed by atoms with Crippen LogP contribution in [0.15, 0.2) is 54.6 Å². The summed E-state index contributed by atoms with van der Waals surface area (Å²) in [5, 5.41) is 6.68. The van der Waals surface area contributed by atoms with E-state index in [1.54, 1.807) is 12.1 Å². The predicted molar refractivity (Wildman–Crippen MR) is 127 cm³/mol. The summed E-state index contributed by atoms with van der Waals surface area (Å²) in [6.45, 7) is 5.42. The minimum Gasteiger partial charge on any atom is -0.353 e. The number of hydrogen-bond acceptors (Lipinski definition) is 2. The smallest absolute Gasteiger partial charge is 0.239 e. The van der Waals surface area contributed by atoms with Crippen LogP contribution in [0.1, 0.15) is 44.2 Å². The van der Waals surface area contributed by atoms with Gasteiger partial charge in [-0.2, -0.15) is 0 Å². The third kappa shape index (κ3) is 6.76. The van der Waals surface area contributed by atoms with Crippen molar-refractivity contribution in [2.75, 3.05) is 6.54 Å². The fourth-order valence-corrected chi connectivity index (χ4v) is 4.35. The maximum absolute atomic E-state index is 14.2. The van der Waals surface area contributed by atoms with E-state index < -0.39 is 0 Å². The lowest BCUT2D eigenvalue weighted by atomic mass is 9.78. The molecule has 0 heterocycles. The molecular formula is C25H32FN3OS. The molecule has 0 spiro atoms. The number of benzene rings is 2. The van der Waals surface area contributed by atoms with Crippen molar-refractivity contribution in [1.29, 1.82) is 0 Å². The van der Waals surface area contributed by atoms with Gasteiger partial charge < -0.3 is 15.5 Å². The molecule has 1 amide bonds. The van der Waals surface area contributed by atoms with Gasteiger partial charge in [0.2, 0.25) is 5.91 Å². The lowest BCUT2D eigenvalue weighted by Crippen LogP contribution is -2.49. The number of carbonyl (C=O) groups is 1. The van der Waals surface area contributed by atoms with Crippen molar-refractivity contribution in [2.45, 2.75) is 52.2 Å². The SMILES string of the molecule is C[C@@H]1[C@H](C)CCC[C@H]1NC(=O)CNC(=S)N(Cc1ccccc1)Cc1ccccc1F. The van der Waals surface area contributed by atoms with Crippen molar-refractivity contribution in [3.63, 3.8) is 0 Å². The van der Waals surface area contributed by atoms with Gasteiger partial charge in [0.15, 0.2) is 5.11 Å². The number of amides is 1. The zero-order valence-corrected chi connectivity index (χ0v) is 19.1. The highest BCUT2D eigenvalue weighted by molar-refractivity contribution is 7.80. The first-order chi connectivity index (χ1) is 14.9. The van der Waals surface area contributed by atoms with E-state index in [4.69, 9.17) is 12.2 Å². The Balaban J connectivity index is 1.61. The van der Waals surface area contributed by atoms with Gasteiger partial charge in [-0.25, -0.2) is 4.39 Å². The molecule has 1 aliphatic carbocycles. The molecule has 2 aromatic carbocycles. The van der Waals surface area contributed by atoms with Crippen molar-refractivity contribution >= 4 is 23.2 Å². The minimum absolute atomic E-state index is 0.0566. The molecule has 0 aromatic heterocycles. The van der Waals surface area contributed by atoms with Gasteiger partial charge in [-0.3, -0.25) is 4.79 Å². The molecule has 3 atom stereocenters. The Morgan fingerprint density at radius 1 is 1.06 bits per heavy atom. The van der Waals surface area contributed by atoms with Crippen molar-refractivity contribution in [1.82, 2.24) is 15.5 Å². The van der Waals surface area contributed by atoms with Crippen LogP contribution in [0, 0.1) is 17.7 Å². The second-order valence-electron chi connectivity index (χ2n) is 8.53. The quantitative estimate of drug-likeness (QED) is 0.614. The van der Waals surface area contributed by atoms with Crippen LogP contribution in [0.5, 0.6) is 0 Å². The van der Waals surface area contributed by atoms with Crippen molar-refractivity contribution in [2.24, 2.45) is 11.8 Å². The molecular weight excluding hydrogens is 409 g/mol. The Morgan fingerprint density at radius 3 is 2.52 bits per heavy atom. The van der Waals surface area contributed by atoms with Gasteiger partial charge >= 0.3 is 0 Å². The summed E-state index contributed by atoms with van der Waals surface area (Å²) in [5.41, 5.74) is 1.63. The topological polar surface area (TPSA) is 44.4 Å². The highest BCUT2D eigenvalue weighted by Gasteiger charge is 2.28. The van der Waals surface area contributed by atoms with Crippen molar-refractivity contribution < 1.29 is 9.18 Å². The summed E-state index contributed by atoms with van der Waals surface area (Å²) >= 11 is 5.59. The third-order valence-electron chi connectivity index (χ3n) is 6.28. The number of carbonyl (C=O) groups excluding carboxylic acids is 1. The van der Waals surface area contributed by atoms with Gasteiger partial charge in [0.1, 0.15) is 5.82 Å². The monoisotopic (exact) mass is 441 g/mol. The maximum atomic E-state index is 14.2. The summed E-state index contributed by atoms with van der Waals surface area (Å²) in [7, 11) is 0. The Morgan fingerprint density at radius 2 is 1.77 bits per heavy atom. The Bertz CT molecular complexity index is 876. The molecule has 166 valence electrons. The van der Waals surface area contributed by atoms with Crippen molar-refractivity contribution in [3.8, 4) is 0 Å². The Hall–Kier alpha value is -2.47. The number of nitrogens with zero attached hydrogens (tertiary/aromatic N) is 1. The largest absolute Gasteiger partial charge is 0.353 e. The molecule has 4 nitrogen and oxygen atoms in total. The van der Waals surface area contributed by atoms with Crippen LogP contribution in [0.3, 0.4) is 0 Å². The van der Waals surface area contributed by atoms with Crippen LogP contribution >= 0.6 is 12.2 Å². The zero-order chi connectivity index (χ0) is 22.2. The molecule has 0 unspecified atom stereocenters. The second kappa shape index (κ2) is 11.2. The van der Waals surface area contributed by atoms with Crippen LogP contribution in [0.2, 0.25) is 0 Å². The number of nitrogens with one attached hydrogen (secondary N) is 2. The van der Waals surface area contributed by atoms with Crippen LogP contribution in [0.4, 0.5) is 4.39 Å². The lowest BCUT2D eigenvalue weighted by Gasteiger charge is -2.34. The van der Waals surface area contributed by atoms with Crippen LogP contribution in [-0.2, 0) is 17.9 Å². The van der Waals surface area contributed by atoms with E-state index >= 15 is 0 Å². The van der Waals surface area contributed by atoms with E-state index in [1.807, 2.05) is 41.3 Å². The highest BCUT2D eigenvalue weighted by atomic mass is 32.1. The van der Waals surface area contributed by atoms with Gasteiger partial charge in [-0.05, 0) is 42.1 Å². The Kier molecular flexibility index (Phi) is 8.41. The first-order valence-corrected chi connectivity index (χ1v) is 11.4. The van der Waals surface area contributed by atoms with Crippen molar-refractivity contribution in [3.05, 3.63) is 71.5 Å². The molecule has 31 heavy (non-hydrogen) atoms. The highest BCUT2D eigenvalue weighted by Crippen LogP contribution is 2.29. The van der Waals surface area contributed by atoms with Crippen LogP contribution in [0.25, 0.3) is 0 Å². The minimum atomic E-state index is -0.262. The van der Waals surface area contributed by atoms with E-state index in [0.717, 1.165) is 18.4 Å². The molecule has 0 radical (unpaired) electrons. The first-order valence-electron chi connectivity index (χ1n) is 11.0. The summed E-state index contributed by atoms with van der Waals surface area (Å²) in [6.07, 6.45) is 3.39. The summed E-state index contributed by atoms with van der Waals surface area (Å²) in [5.74, 6) is 0.774. The van der Waals surface area contributed by atoms with E-state index in [9.17, 15) is 9.18 Å². The van der Waals surface area contributed by atoms with Gasteiger partial charge in [0.05, 0.1) is 6.54 Å². The molecule has 1 aliphatic rings. The molecule has 0 aliphatic heterocycles. The lowest BCUT2D eigenvalue weighted by molar-refractivity contribution is -0.121. The molecule has 2 N–H and O–H groups in total. The third-order valence-corrected chi connectivity index (χ3v) is 6.68. The summed E-state index contributed by atoms with van der Waals surface area (Å²) in [4.78, 5) is 14.4. The molecule has 6 heteroatoms. The predicted octanol–water partition coefficient (Wildman–Crippen LogP) is 4.64. The molecule has 3 rings (SSSR count). The average Bonchev–Trinajstić information content (AvgIpc) is 2.77. The molecule has 1 saturated carbocycles. The number of halogens is 1.